The maximum Gasteiger partial charge on any atom is 0.326 e. The van der Waals surface area contributed by atoms with Crippen LogP contribution in [0.5, 0.6) is 0 Å². The number of carboxylic acids is 1. The third kappa shape index (κ3) is 5.58. The Morgan fingerprint density at radius 2 is 1.96 bits per heavy atom. The topological polar surface area (TPSA) is 162 Å². The second-order valence-corrected chi connectivity index (χ2v) is 6.13. The zero-order valence-electron chi connectivity index (χ0n) is 13.8. The van der Waals surface area contributed by atoms with Gasteiger partial charge >= 0.3 is 5.97 Å². The van der Waals surface area contributed by atoms with Gasteiger partial charge in [0.15, 0.2) is 0 Å². The van der Waals surface area contributed by atoms with E-state index in [0.717, 1.165) is 4.90 Å². The van der Waals surface area contributed by atoms with Crippen LogP contribution in [0.4, 0.5) is 0 Å². The molecule has 1 aliphatic rings. The molecule has 4 unspecified atom stereocenters. The highest BCUT2D eigenvalue weighted by atomic mass is 32.1. The second-order valence-electron chi connectivity index (χ2n) is 5.76. The van der Waals surface area contributed by atoms with Crippen LogP contribution in [0.15, 0.2) is 0 Å². The van der Waals surface area contributed by atoms with E-state index in [-0.39, 0.29) is 18.8 Å². The molecule has 1 fully saturated rings. The van der Waals surface area contributed by atoms with Gasteiger partial charge in [-0.15, -0.1) is 0 Å². The van der Waals surface area contributed by atoms with Crippen molar-refractivity contribution < 1.29 is 29.4 Å². The Balaban J connectivity index is 2.85. The summed E-state index contributed by atoms with van der Waals surface area (Å²) in [5, 5.41) is 23.7. The fourth-order valence-electron chi connectivity index (χ4n) is 2.56. The Labute approximate surface area is 150 Å². The number of nitrogens with one attached hydrogen (secondary N) is 2. The van der Waals surface area contributed by atoms with Crippen molar-refractivity contribution in [2.45, 2.75) is 44.0 Å². The van der Waals surface area contributed by atoms with Crippen molar-refractivity contribution in [1.82, 2.24) is 15.5 Å². The summed E-state index contributed by atoms with van der Waals surface area (Å²) in [7, 11) is 0. The molecule has 0 spiro atoms. The van der Waals surface area contributed by atoms with Gasteiger partial charge in [0.05, 0.1) is 12.6 Å². The quantitative estimate of drug-likeness (QED) is 0.251. The van der Waals surface area contributed by atoms with Crippen LogP contribution in [0.1, 0.15) is 19.8 Å². The maximum atomic E-state index is 12.6. The van der Waals surface area contributed by atoms with Crippen LogP contribution in [-0.2, 0) is 19.2 Å². The molecule has 0 saturated carbocycles. The number of rotatable bonds is 8. The molecule has 11 heteroatoms. The van der Waals surface area contributed by atoms with Gasteiger partial charge in [0.2, 0.25) is 17.7 Å². The van der Waals surface area contributed by atoms with Crippen LogP contribution in [0.3, 0.4) is 0 Å². The molecule has 0 aromatic rings. The number of aliphatic carboxylic acids is 1. The molecule has 0 aromatic carbocycles. The molecule has 1 saturated heterocycles. The van der Waals surface area contributed by atoms with Gasteiger partial charge in [-0.05, 0) is 19.8 Å². The number of hydrogen-bond acceptors (Lipinski definition) is 7. The molecule has 1 heterocycles. The summed E-state index contributed by atoms with van der Waals surface area (Å²) in [5.41, 5.74) is 5.17. The predicted octanol–water partition coefficient (Wildman–Crippen LogP) is -2.70. The van der Waals surface area contributed by atoms with Crippen molar-refractivity contribution in [3.05, 3.63) is 0 Å². The van der Waals surface area contributed by atoms with E-state index in [0.29, 0.717) is 12.8 Å². The van der Waals surface area contributed by atoms with Crippen molar-refractivity contribution >= 4 is 36.3 Å². The molecule has 4 atom stereocenters. The van der Waals surface area contributed by atoms with Crippen LogP contribution < -0.4 is 16.4 Å². The van der Waals surface area contributed by atoms with E-state index >= 15 is 0 Å². The van der Waals surface area contributed by atoms with Gasteiger partial charge in [0, 0.05) is 12.3 Å². The lowest BCUT2D eigenvalue weighted by atomic mass is 10.1. The van der Waals surface area contributed by atoms with Crippen LogP contribution in [0.2, 0.25) is 0 Å². The minimum atomic E-state index is -1.33. The molecule has 142 valence electrons. The number of aliphatic hydroxyl groups excluding tert-OH is 1. The van der Waals surface area contributed by atoms with Gasteiger partial charge in [0.1, 0.15) is 18.1 Å². The molecule has 3 amide bonds. The summed E-state index contributed by atoms with van der Waals surface area (Å²) in [5.74, 6) is -3.15. The molecule has 1 aliphatic heterocycles. The Hall–Kier alpha value is -1.85. The first kappa shape index (κ1) is 21.2. The number of amides is 3. The third-order valence-electron chi connectivity index (χ3n) is 3.89. The van der Waals surface area contributed by atoms with Crippen molar-refractivity contribution in [2.24, 2.45) is 5.73 Å². The highest BCUT2D eigenvalue weighted by Crippen LogP contribution is 2.19. The van der Waals surface area contributed by atoms with Crippen molar-refractivity contribution in [3.8, 4) is 0 Å². The zero-order valence-corrected chi connectivity index (χ0v) is 14.7. The summed E-state index contributed by atoms with van der Waals surface area (Å²) in [4.78, 5) is 48.5. The van der Waals surface area contributed by atoms with E-state index in [4.69, 9.17) is 5.73 Å². The molecule has 0 aliphatic carbocycles. The first-order valence-electron chi connectivity index (χ1n) is 7.84. The Kier molecular flexibility index (Phi) is 8.13. The number of aliphatic hydroxyl groups is 1. The summed E-state index contributed by atoms with van der Waals surface area (Å²) in [6, 6.07) is -3.35. The smallest absolute Gasteiger partial charge is 0.326 e. The summed E-state index contributed by atoms with van der Waals surface area (Å²) in [6.45, 7) is 1.22. The SMILES string of the molecule is CC(O)C(NC(=O)C(CS)NC(=O)CN)C(=O)N1CCCC1C(=O)O. The summed E-state index contributed by atoms with van der Waals surface area (Å²) in [6.07, 6.45) is -0.417. The van der Waals surface area contributed by atoms with Gasteiger partial charge in [-0.2, -0.15) is 12.6 Å². The van der Waals surface area contributed by atoms with Crippen molar-refractivity contribution in [3.63, 3.8) is 0 Å². The molecule has 0 aromatic heterocycles. The first-order chi connectivity index (χ1) is 11.7. The number of hydrogen-bond donors (Lipinski definition) is 6. The van der Waals surface area contributed by atoms with E-state index in [9.17, 15) is 29.4 Å². The number of nitrogens with two attached hydrogens (primary N) is 1. The number of nitrogens with zero attached hydrogens (tertiary/aromatic N) is 1. The minimum Gasteiger partial charge on any atom is -0.480 e. The highest BCUT2D eigenvalue weighted by molar-refractivity contribution is 7.80. The van der Waals surface area contributed by atoms with Crippen molar-refractivity contribution in [2.75, 3.05) is 18.8 Å². The molecular formula is C14H24N4O6S. The zero-order chi connectivity index (χ0) is 19.1. The Morgan fingerprint density at radius 1 is 1.32 bits per heavy atom. The van der Waals surface area contributed by atoms with Gasteiger partial charge < -0.3 is 31.5 Å². The molecule has 0 bridgehead atoms. The minimum absolute atomic E-state index is 0.0419. The van der Waals surface area contributed by atoms with Gasteiger partial charge in [-0.3, -0.25) is 14.4 Å². The molecule has 10 nitrogen and oxygen atoms in total. The van der Waals surface area contributed by atoms with E-state index in [1.165, 1.54) is 6.92 Å². The van der Waals surface area contributed by atoms with E-state index in [2.05, 4.69) is 23.3 Å². The maximum absolute atomic E-state index is 12.6. The van der Waals surface area contributed by atoms with E-state index in [1.807, 2.05) is 0 Å². The Bertz CT molecular complexity index is 529. The van der Waals surface area contributed by atoms with Gasteiger partial charge in [-0.25, -0.2) is 4.79 Å². The van der Waals surface area contributed by atoms with Crippen LogP contribution in [0.25, 0.3) is 0 Å². The predicted molar refractivity (Wildman–Crippen MR) is 90.8 cm³/mol. The summed E-state index contributed by atoms with van der Waals surface area (Å²) < 4.78 is 0. The molecule has 1 rings (SSSR count). The number of carbonyl (C=O) groups is 4. The molecule has 6 N–H and O–H groups in total. The number of carboxylic acid groups (broad SMARTS) is 1. The van der Waals surface area contributed by atoms with Gasteiger partial charge in [0.25, 0.3) is 0 Å². The summed E-state index contributed by atoms with van der Waals surface area (Å²) >= 11 is 3.97. The van der Waals surface area contributed by atoms with Crippen molar-refractivity contribution in [1.29, 1.82) is 0 Å². The van der Waals surface area contributed by atoms with Crippen LogP contribution in [0, 0.1) is 0 Å². The second kappa shape index (κ2) is 9.59. The average molecular weight is 376 g/mol. The fraction of sp³-hybridized carbons (Fsp3) is 0.714. The molecular weight excluding hydrogens is 352 g/mol. The number of carbonyl (C=O) groups excluding carboxylic acids is 3. The van der Waals surface area contributed by atoms with Crippen LogP contribution >= 0.6 is 12.6 Å². The highest BCUT2D eigenvalue weighted by Gasteiger charge is 2.39. The van der Waals surface area contributed by atoms with Gasteiger partial charge in [-0.1, -0.05) is 0 Å². The van der Waals surface area contributed by atoms with Crippen LogP contribution in [-0.4, -0.2) is 81.9 Å². The Morgan fingerprint density at radius 3 is 2.44 bits per heavy atom. The largest absolute Gasteiger partial charge is 0.480 e. The lowest BCUT2D eigenvalue weighted by Gasteiger charge is -2.29. The lowest BCUT2D eigenvalue weighted by Crippen LogP contribution is -2.59. The lowest BCUT2D eigenvalue weighted by molar-refractivity contribution is -0.150. The fourth-order valence-corrected chi connectivity index (χ4v) is 2.81. The number of likely N-dealkylation sites (tertiary alicyclic amines) is 1. The normalized spacial score (nSPS) is 20.5. The molecule has 25 heavy (non-hydrogen) atoms. The monoisotopic (exact) mass is 376 g/mol. The standard InChI is InChI=1S/C14H24N4O6S/c1-7(19)11(13(22)18-4-2-3-9(18)14(23)24)17-12(21)8(6-25)16-10(20)5-15/h7-9,11,19,25H,2-6,15H2,1H3,(H,16,20)(H,17,21)(H,23,24). The third-order valence-corrected chi connectivity index (χ3v) is 4.25. The average Bonchev–Trinajstić information content (AvgIpc) is 3.05. The first-order valence-corrected chi connectivity index (χ1v) is 8.48. The van der Waals surface area contributed by atoms with E-state index in [1.54, 1.807) is 0 Å². The molecule has 0 radical (unpaired) electrons. The van der Waals surface area contributed by atoms with E-state index < -0.39 is 47.9 Å². The number of thiol groups is 1.